The van der Waals surface area contributed by atoms with Gasteiger partial charge < -0.3 is 5.11 Å². The maximum atomic E-state index is 11.2. The van der Waals surface area contributed by atoms with E-state index >= 15 is 0 Å². The fourth-order valence-electron chi connectivity index (χ4n) is 0.865. The summed E-state index contributed by atoms with van der Waals surface area (Å²) in [6.07, 6.45) is 2.11. The van der Waals surface area contributed by atoms with Crippen LogP contribution < -0.4 is 0 Å². The third-order valence-corrected chi connectivity index (χ3v) is 4.95. The molecule has 14 heavy (non-hydrogen) atoms. The lowest BCUT2D eigenvalue weighted by Crippen LogP contribution is -2.06. The molecule has 1 N–H and O–H groups in total. The zero-order chi connectivity index (χ0) is 10.9. The molecule has 0 aliphatic heterocycles. The van der Waals surface area contributed by atoms with Crippen molar-refractivity contribution in [3.05, 3.63) is 16.1 Å². The molecule has 4 nitrogen and oxygen atoms in total. The number of aliphatic hydroxyl groups excluding tert-OH is 1. The maximum Gasteiger partial charge on any atom is 0.156 e. The second kappa shape index (κ2) is 3.96. The molecule has 1 heterocycles. The predicted octanol–water partition coefficient (Wildman–Crippen LogP) is 1.30. The number of nitrogens with zero attached hydrogens (tertiary/aromatic N) is 1. The first-order valence-corrected chi connectivity index (χ1v) is 6.92. The van der Waals surface area contributed by atoms with Gasteiger partial charge in [0, 0.05) is 12.5 Å². The number of thiazole rings is 1. The van der Waals surface area contributed by atoms with Crippen LogP contribution in [0.1, 0.15) is 35.1 Å². The van der Waals surface area contributed by atoms with Gasteiger partial charge in [0.2, 0.25) is 0 Å². The molecule has 0 amide bonds. The molecule has 0 radical (unpaired) electrons. The van der Waals surface area contributed by atoms with Crippen molar-refractivity contribution in [2.24, 2.45) is 0 Å². The quantitative estimate of drug-likeness (QED) is 0.857. The lowest BCUT2D eigenvalue weighted by Gasteiger charge is -2.04. The third-order valence-electron chi connectivity index (χ3n) is 1.94. The van der Waals surface area contributed by atoms with E-state index in [4.69, 9.17) is 0 Å². The molecule has 0 saturated carbocycles. The van der Waals surface area contributed by atoms with Crippen LogP contribution >= 0.6 is 11.3 Å². The standard InChI is InChI=1S/C8H13NO3S2/c1-5(10)7-4-9-8(13-7)6(2)14(3,11)12/h4-6,10H,1-3H3. The molecule has 2 atom stereocenters. The Morgan fingerprint density at radius 2 is 2.07 bits per heavy atom. The summed E-state index contributed by atoms with van der Waals surface area (Å²) in [4.78, 5) is 4.67. The summed E-state index contributed by atoms with van der Waals surface area (Å²) in [6.45, 7) is 3.22. The van der Waals surface area contributed by atoms with Crippen molar-refractivity contribution in [1.82, 2.24) is 4.98 Å². The fourth-order valence-corrected chi connectivity index (χ4v) is 2.75. The Labute approximate surface area is 87.5 Å². The molecule has 0 spiro atoms. The van der Waals surface area contributed by atoms with Crippen LogP contribution in [0.3, 0.4) is 0 Å². The van der Waals surface area contributed by atoms with Crippen LogP contribution in [0.4, 0.5) is 0 Å². The van der Waals surface area contributed by atoms with Gasteiger partial charge in [-0.15, -0.1) is 11.3 Å². The molecular weight excluding hydrogens is 222 g/mol. The minimum absolute atomic E-state index is 0.531. The molecule has 0 aromatic carbocycles. The molecule has 1 aromatic rings. The van der Waals surface area contributed by atoms with Crippen molar-refractivity contribution in [3.8, 4) is 0 Å². The molecule has 0 bridgehead atoms. The Hall–Kier alpha value is -0.460. The largest absolute Gasteiger partial charge is 0.388 e. The minimum Gasteiger partial charge on any atom is -0.388 e. The monoisotopic (exact) mass is 235 g/mol. The normalized spacial score (nSPS) is 16.6. The summed E-state index contributed by atoms with van der Waals surface area (Å²) < 4.78 is 22.4. The predicted molar refractivity (Wildman–Crippen MR) is 56.0 cm³/mol. The average Bonchev–Trinajstić information content (AvgIpc) is 2.48. The van der Waals surface area contributed by atoms with Crippen LogP contribution in [0.5, 0.6) is 0 Å². The van der Waals surface area contributed by atoms with E-state index in [1.165, 1.54) is 23.8 Å². The van der Waals surface area contributed by atoms with Gasteiger partial charge in [-0.05, 0) is 13.8 Å². The van der Waals surface area contributed by atoms with Crippen molar-refractivity contribution in [3.63, 3.8) is 0 Å². The summed E-state index contributed by atoms with van der Waals surface area (Å²) in [7, 11) is -3.10. The topological polar surface area (TPSA) is 67.3 Å². The summed E-state index contributed by atoms with van der Waals surface area (Å²) in [5.74, 6) is 0. The Bertz CT molecular complexity index is 408. The molecule has 1 rings (SSSR count). The van der Waals surface area contributed by atoms with Crippen LogP contribution in [0, 0.1) is 0 Å². The van der Waals surface area contributed by atoms with Gasteiger partial charge >= 0.3 is 0 Å². The second-order valence-electron chi connectivity index (χ2n) is 3.25. The van der Waals surface area contributed by atoms with Gasteiger partial charge in [0.05, 0.1) is 11.0 Å². The Kier molecular flexibility index (Phi) is 3.28. The highest BCUT2D eigenvalue weighted by atomic mass is 32.2. The number of hydrogen-bond acceptors (Lipinski definition) is 5. The van der Waals surface area contributed by atoms with Crippen molar-refractivity contribution in [2.75, 3.05) is 6.26 Å². The third kappa shape index (κ3) is 2.52. The van der Waals surface area contributed by atoms with Gasteiger partial charge in [0.1, 0.15) is 10.3 Å². The molecule has 0 saturated heterocycles. The summed E-state index contributed by atoms with van der Waals surface area (Å²) >= 11 is 1.24. The highest BCUT2D eigenvalue weighted by molar-refractivity contribution is 7.91. The SMILES string of the molecule is CC(O)c1cnc(C(C)S(C)(=O)=O)s1. The number of rotatable bonds is 3. The highest BCUT2D eigenvalue weighted by Crippen LogP contribution is 2.28. The van der Waals surface area contributed by atoms with Gasteiger partial charge in [-0.1, -0.05) is 0 Å². The van der Waals surface area contributed by atoms with E-state index in [0.29, 0.717) is 9.88 Å². The Morgan fingerprint density at radius 1 is 1.50 bits per heavy atom. The first-order chi connectivity index (χ1) is 6.32. The number of aliphatic hydroxyl groups is 1. The van der Waals surface area contributed by atoms with E-state index < -0.39 is 21.2 Å². The van der Waals surface area contributed by atoms with Gasteiger partial charge in [-0.2, -0.15) is 0 Å². The summed E-state index contributed by atoms with van der Waals surface area (Å²) in [5, 5.41) is 9.18. The van der Waals surface area contributed by atoms with Gasteiger partial charge in [-0.3, -0.25) is 0 Å². The first-order valence-electron chi connectivity index (χ1n) is 4.15. The van der Waals surface area contributed by atoms with Crippen LogP contribution in [0.15, 0.2) is 6.20 Å². The number of aromatic nitrogens is 1. The van der Waals surface area contributed by atoms with Crippen molar-refractivity contribution >= 4 is 21.2 Å². The molecule has 1 aromatic heterocycles. The van der Waals surface area contributed by atoms with Gasteiger partial charge in [0.25, 0.3) is 0 Å². The minimum atomic E-state index is -3.10. The molecule has 0 aliphatic rings. The Balaban J connectivity index is 2.98. The zero-order valence-corrected chi connectivity index (χ0v) is 9.89. The van der Waals surface area contributed by atoms with E-state index in [1.54, 1.807) is 13.8 Å². The number of hydrogen-bond donors (Lipinski definition) is 1. The van der Waals surface area contributed by atoms with E-state index in [0.717, 1.165) is 0 Å². The van der Waals surface area contributed by atoms with E-state index in [2.05, 4.69) is 4.98 Å². The van der Waals surface area contributed by atoms with E-state index in [1.807, 2.05) is 0 Å². The molecule has 80 valence electrons. The molecule has 0 fully saturated rings. The molecule has 0 aliphatic carbocycles. The second-order valence-corrected chi connectivity index (χ2v) is 6.71. The van der Waals surface area contributed by atoms with E-state index in [9.17, 15) is 13.5 Å². The Morgan fingerprint density at radius 3 is 2.43 bits per heavy atom. The first kappa shape index (κ1) is 11.6. The van der Waals surface area contributed by atoms with Crippen LogP contribution in [0.25, 0.3) is 0 Å². The van der Waals surface area contributed by atoms with Gasteiger partial charge in [-0.25, -0.2) is 13.4 Å². The van der Waals surface area contributed by atoms with Crippen molar-refractivity contribution < 1.29 is 13.5 Å². The van der Waals surface area contributed by atoms with E-state index in [-0.39, 0.29) is 0 Å². The molecular formula is C8H13NO3S2. The average molecular weight is 235 g/mol. The van der Waals surface area contributed by atoms with Crippen LogP contribution in [0.2, 0.25) is 0 Å². The lowest BCUT2D eigenvalue weighted by atomic mass is 10.4. The highest BCUT2D eigenvalue weighted by Gasteiger charge is 2.21. The zero-order valence-electron chi connectivity index (χ0n) is 8.26. The van der Waals surface area contributed by atoms with Crippen molar-refractivity contribution in [2.45, 2.75) is 25.2 Å². The molecule has 6 heteroatoms. The van der Waals surface area contributed by atoms with Crippen LogP contribution in [-0.4, -0.2) is 24.8 Å². The smallest absolute Gasteiger partial charge is 0.156 e. The fraction of sp³-hybridized carbons (Fsp3) is 0.625. The maximum absolute atomic E-state index is 11.2. The van der Waals surface area contributed by atoms with Crippen LogP contribution in [-0.2, 0) is 9.84 Å². The van der Waals surface area contributed by atoms with Crippen molar-refractivity contribution in [1.29, 1.82) is 0 Å². The lowest BCUT2D eigenvalue weighted by molar-refractivity contribution is 0.203. The summed E-state index contributed by atoms with van der Waals surface area (Å²) in [5.41, 5.74) is 0. The molecule has 2 unspecified atom stereocenters. The van der Waals surface area contributed by atoms with Gasteiger partial charge in [0.15, 0.2) is 9.84 Å². The number of sulfone groups is 1. The summed E-state index contributed by atoms with van der Waals surface area (Å²) in [6, 6.07) is 0.